The fourth-order valence-corrected chi connectivity index (χ4v) is 3.54. The molecule has 10 heteroatoms. The first-order valence-corrected chi connectivity index (χ1v) is 10.5. The van der Waals surface area contributed by atoms with Crippen LogP contribution in [0.3, 0.4) is 0 Å². The highest BCUT2D eigenvalue weighted by atomic mass is 16.5. The Labute approximate surface area is 192 Å². The predicted octanol–water partition coefficient (Wildman–Crippen LogP) is 1.70. The molecular weight excluding hydrogens is 422 g/mol. The van der Waals surface area contributed by atoms with E-state index in [0.717, 1.165) is 6.42 Å². The van der Waals surface area contributed by atoms with Crippen LogP contribution < -0.4 is 22.1 Å². The molecule has 1 atom stereocenters. The van der Waals surface area contributed by atoms with Gasteiger partial charge in [-0.3, -0.25) is 14.8 Å². The molecule has 10 nitrogen and oxygen atoms in total. The fourth-order valence-electron chi connectivity index (χ4n) is 3.54. The van der Waals surface area contributed by atoms with Gasteiger partial charge in [-0.05, 0) is 48.8 Å². The highest BCUT2D eigenvalue weighted by Gasteiger charge is 2.26. The molecule has 0 aromatic carbocycles. The summed E-state index contributed by atoms with van der Waals surface area (Å²) < 4.78 is 5.32. The number of aryl methyl sites for hydroxylation is 1. The Morgan fingerprint density at radius 3 is 2.76 bits per heavy atom. The molecule has 174 valence electrons. The van der Waals surface area contributed by atoms with Crippen molar-refractivity contribution in [3.8, 4) is 0 Å². The number of hydrogen-bond acceptors (Lipinski definition) is 7. The number of amides is 3. The molecule has 2 aromatic rings. The van der Waals surface area contributed by atoms with Crippen molar-refractivity contribution in [3.05, 3.63) is 65.4 Å². The first-order valence-electron chi connectivity index (χ1n) is 10.5. The average Bonchev–Trinajstić information content (AvgIpc) is 3.32. The van der Waals surface area contributed by atoms with Gasteiger partial charge in [-0.15, -0.1) is 0 Å². The Kier molecular flexibility index (Phi) is 7.62. The summed E-state index contributed by atoms with van der Waals surface area (Å²) in [5, 5.41) is 5.41. The average molecular weight is 452 g/mol. The summed E-state index contributed by atoms with van der Waals surface area (Å²) >= 11 is 0. The lowest BCUT2D eigenvalue weighted by Crippen LogP contribution is -2.34. The van der Waals surface area contributed by atoms with Crippen molar-refractivity contribution in [2.24, 2.45) is 11.5 Å². The van der Waals surface area contributed by atoms with Crippen molar-refractivity contribution in [1.29, 1.82) is 0 Å². The molecule has 6 N–H and O–H groups in total. The van der Waals surface area contributed by atoms with Crippen molar-refractivity contribution in [3.63, 3.8) is 0 Å². The Morgan fingerprint density at radius 2 is 2.09 bits per heavy atom. The molecule has 1 aliphatic rings. The summed E-state index contributed by atoms with van der Waals surface area (Å²) in [6.45, 7) is 3.01. The molecule has 1 saturated heterocycles. The minimum atomic E-state index is -0.302. The number of nitrogens with zero attached hydrogens (tertiary/aromatic N) is 3. The Balaban J connectivity index is 1.82. The molecule has 3 heterocycles. The van der Waals surface area contributed by atoms with Gasteiger partial charge in [0.2, 0.25) is 0 Å². The quantitative estimate of drug-likeness (QED) is 0.488. The number of allylic oxidation sites excluding steroid dienone is 2. The van der Waals surface area contributed by atoms with E-state index < -0.39 is 0 Å². The molecule has 1 unspecified atom stereocenters. The van der Waals surface area contributed by atoms with Gasteiger partial charge < -0.3 is 31.7 Å². The second-order valence-electron chi connectivity index (χ2n) is 7.61. The number of hydrogen-bond donors (Lipinski definition) is 4. The number of methoxy groups -OCH3 is 1. The number of urea groups is 1. The fraction of sp³-hybridized carbons (Fsp3) is 0.304. The van der Waals surface area contributed by atoms with E-state index in [9.17, 15) is 9.59 Å². The largest absolute Gasteiger partial charge is 0.404 e. The molecule has 0 radical (unpaired) electrons. The topological polar surface area (TPSA) is 148 Å². The Bertz CT molecular complexity index is 1100. The summed E-state index contributed by atoms with van der Waals surface area (Å²) in [6.07, 6.45) is 7.09. The second kappa shape index (κ2) is 10.6. The summed E-state index contributed by atoms with van der Waals surface area (Å²) in [4.78, 5) is 34.6. The van der Waals surface area contributed by atoms with Gasteiger partial charge >= 0.3 is 6.03 Å². The van der Waals surface area contributed by atoms with Crippen LogP contribution in [0.25, 0.3) is 11.3 Å². The lowest BCUT2D eigenvalue weighted by atomic mass is 10.0. The van der Waals surface area contributed by atoms with Gasteiger partial charge in [0.25, 0.3) is 5.91 Å². The molecule has 1 aliphatic heterocycles. The standard InChI is InChI=1S/C23H29N7O3/c1-14-19(10-17(12-28-14)29-23(32)30-7-5-18(13-30)33-3)20(25)8-16(11-24)15-4-6-27-21(9-15)22(31)26-2/h4,6,8-12,18H,5,7,13,24-25H2,1-3H3,(H,26,31)(H,29,32)/b16-11+,20-8-. The number of rotatable bonds is 6. The first-order chi connectivity index (χ1) is 15.9. The number of carbonyl (C=O) groups excluding carboxylic acids is 2. The third-order valence-electron chi connectivity index (χ3n) is 5.46. The summed E-state index contributed by atoms with van der Waals surface area (Å²) in [6, 6.07) is 4.92. The first kappa shape index (κ1) is 23.7. The van der Waals surface area contributed by atoms with Crippen LogP contribution >= 0.6 is 0 Å². The van der Waals surface area contributed by atoms with E-state index in [4.69, 9.17) is 16.2 Å². The molecule has 0 spiro atoms. The zero-order valence-corrected chi connectivity index (χ0v) is 19.0. The number of nitrogens with two attached hydrogens (primary N) is 2. The Morgan fingerprint density at radius 1 is 1.30 bits per heavy atom. The third-order valence-corrected chi connectivity index (χ3v) is 5.46. The van der Waals surface area contributed by atoms with E-state index in [1.165, 1.54) is 19.4 Å². The number of carbonyl (C=O) groups is 2. The van der Waals surface area contributed by atoms with E-state index in [-0.39, 0.29) is 23.7 Å². The molecule has 3 rings (SSSR count). The van der Waals surface area contributed by atoms with Crippen LogP contribution in [0, 0.1) is 6.92 Å². The van der Waals surface area contributed by atoms with E-state index in [0.29, 0.717) is 46.9 Å². The predicted molar refractivity (Wildman–Crippen MR) is 127 cm³/mol. The van der Waals surface area contributed by atoms with Crippen molar-refractivity contribution in [1.82, 2.24) is 20.2 Å². The van der Waals surface area contributed by atoms with Crippen LogP contribution in [0.15, 0.2) is 42.9 Å². The molecular formula is C23H29N7O3. The maximum absolute atomic E-state index is 12.6. The second-order valence-corrected chi connectivity index (χ2v) is 7.61. The minimum absolute atomic E-state index is 0.0552. The molecule has 1 fully saturated rings. The van der Waals surface area contributed by atoms with Gasteiger partial charge in [0.15, 0.2) is 0 Å². The van der Waals surface area contributed by atoms with Crippen LogP contribution in [0.2, 0.25) is 0 Å². The van der Waals surface area contributed by atoms with Crippen molar-refractivity contribution < 1.29 is 14.3 Å². The van der Waals surface area contributed by atoms with E-state index in [1.807, 2.05) is 6.92 Å². The number of anilines is 1. The molecule has 2 aromatic heterocycles. The summed E-state index contributed by atoms with van der Waals surface area (Å²) in [7, 11) is 3.18. The van der Waals surface area contributed by atoms with Crippen LogP contribution in [0.1, 0.15) is 33.7 Å². The zero-order valence-electron chi connectivity index (χ0n) is 19.0. The molecule has 0 bridgehead atoms. The maximum Gasteiger partial charge on any atom is 0.321 e. The molecule has 3 amide bonds. The van der Waals surface area contributed by atoms with Crippen LogP contribution in [-0.2, 0) is 4.74 Å². The van der Waals surface area contributed by atoms with Gasteiger partial charge in [0.05, 0.1) is 18.0 Å². The van der Waals surface area contributed by atoms with Crippen molar-refractivity contribution >= 4 is 28.9 Å². The van der Waals surface area contributed by atoms with Crippen molar-refractivity contribution in [2.75, 3.05) is 32.6 Å². The Hall–Kier alpha value is -3.92. The lowest BCUT2D eigenvalue weighted by Gasteiger charge is -2.17. The van der Waals surface area contributed by atoms with E-state index in [1.54, 1.807) is 42.5 Å². The van der Waals surface area contributed by atoms with Crippen LogP contribution in [-0.4, -0.2) is 60.2 Å². The molecule has 0 saturated carbocycles. The monoisotopic (exact) mass is 451 g/mol. The van der Waals surface area contributed by atoms with E-state index >= 15 is 0 Å². The van der Waals surface area contributed by atoms with Gasteiger partial charge in [0.1, 0.15) is 5.69 Å². The number of ether oxygens (including phenoxy) is 1. The number of likely N-dealkylation sites (tertiary alicyclic amines) is 1. The lowest BCUT2D eigenvalue weighted by molar-refractivity contribution is 0.0958. The van der Waals surface area contributed by atoms with Gasteiger partial charge in [-0.1, -0.05) is 0 Å². The summed E-state index contributed by atoms with van der Waals surface area (Å²) in [5.74, 6) is -0.302. The molecule has 33 heavy (non-hydrogen) atoms. The van der Waals surface area contributed by atoms with Crippen LogP contribution in [0.4, 0.5) is 10.5 Å². The van der Waals surface area contributed by atoms with E-state index in [2.05, 4.69) is 20.6 Å². The molecule has 0 aliphatic carbocycles. The highest BCUT2D eigenvalue weighted by Crippen LogP contribution is 2.23. The number of pyridine rings is 2. The smallest absolute Gasteiger partial charge is 0.321 e. The zero-order chi connectivity index (χ0) is 24.0. The number of nitrogens with one attached hydrogen (secondary N) is 2. The number of aromatic nitrogens is 2. The minimum Gasteiger partial charge on any atom is -0.404 e. The highest BCUT2D eigenvalue weighted by molar-refractivity contribution is 5.94. The summed E-state index contributed by atoms with van der Waals surface area (Å²) in [5.41, 5.74) is 16.1. The maximum atomic E-state index is 12.6. The van der Waals surface area contributed by atoms with Gasteiger partial charge in [-0.25, -0.2) is 4.79 Å². The van der Waals surface area contributed by atoms with Crippen molar-refractivity contribution in [2.45, 2.75) is 19.4 Å². The van der Waals surface area contributed by atoms with Gasteiger partial charge in [0, 0.05) is 56.6 Å². The normalized spacial score (nSPS) is 16.6. The third kappa shape index (κ3) is 5.66. The van der Waals surface area contributed by atoms with Gasteiger partial charge in [-0.2, -0.15) is 0 Å². The SMILES string of the molecule is CNC(=O)c1cc(C(/C=C(\N)c2cc(NC(=O)N3CCC(OC)C3)cnc2C)=C/N)ccn1. The van der Waals surface area contributed by atoms with Crippen LogP contribution in [0.5, 0.6) is 0 Å².